The largest absolute Gasteiger partial charge is 0.295 e. The maximum absolute atomic E-state index is 11.7. The van der Waals surface area contributed by atoms with Crippen LogP contribution in [-0.4, -0.2) is 5.78 Å². The van der Waals surface area contributed by atoms with Crippen LogP contribution in [0.2, 0.25) is 0 Å². The molecule has 5 atom stereocenters. The average molecular weight is 274 g/mol. The zero-order chi connectivity index (χ0) is 14.3. The van der Waals surface area contributed by atoms with Gasteiger partial charge >= 0.3 is 0 Å². The van der Waals surface area contributed by atoms with E-state index >= 15 is 0 Å². The van der Waals surface area contributed by atoms with Gasteiger partial charge in [-0.05, 0) is 67.3 Å². The molecule has 0 aromatic carbocycles. The van der Waals surface area contributed by atoms with Crippen LogP contribution in [0.15, 0.2) is 11.6 Å². The zero-order valence-corrected chi connectivity index (χ0v) is 13.5. The van der Waals surface area contributed by atoms with Gasteiger partial charge in [-0.15, -0.1) is 0 Å². The van der Waals surface area contributed by atoms with Gasteiger partial charge in [0.2, 0.25) is 0 Å². The Balaban J connectivity index is 1.86. The van der Waals surface area contributed by atoms with Crippen LogP contribution in [0, 0.1) is 29.1 Å². The molecule has 0 radical (unpaired) electrons. The summed E-state index contributed by atoms with van der Waals surface area (Å²) in [7, 11) is 0. The Bertz CT molecular complexity index is 421. The van der Waals surface area contributed by atoms with Crippen LogP contribution in [-0.2, 0) is 4.79 Å². The summed E-state index contributed by atoms with van der Waals surface area (Å²) < 4.78 is 0. The van der Waals surface area contributed by atoms with E-state index in [4.69, 9.17) is 0 Å². The molecule has 3 aliphatic rings. The number of hydrogen-bond acceptors (Lipinski definition) is 1. The number of ketones is 1. The van der Waals surface area contributed by atoms with Gasteiger partial charge in [0, 0.05) is 6.42 Å². The van der Waals surface area contributed by atoms with Gasteiger partial charge in [0.1, 0.15) is 0 Å². The van der Waals surface area contributed by atoms with Crippen molar-refractivity contribution in [2.75, 3.05) is 0 Å². The predicted molar refractivity (Wildman–Crippen MR) is 83.4 cm³/mol. The summed E-state index contributed by atoms with van der Waals surface area (Å²) in [5, 5.41) is 0. The summed E-state index contributed by atoms with van der Waals surface area (Å²) in [6.45, 7) is 7.32. The molecule has 2 fully saturated rings. The molecule has 0 saturated heterocycles. The molecule has 1 nitrogen and oxygen atoms in total. The van der Waals surface area contributed by atoms with Gasteiger partial charge in [0.15, 0.2) is 5.78 Å². The van der Waals surface area contributed by atoms with E-state index in [0.717, 1.165) is 36.5 Å². The number of carbonyl (C=O) groups is 1. The van der Waals surface area contributed by atoms with E-state index in [2.05, 4.69) is 20.8 Å². The first-order chi connectivity index (χ1) is 9.59. The summed E-state index contributed by atoms with van der Waals surface area (Å²) in [5.41, 5.74) is 2.08. The summed E-state index contributed by atoms with van der Waals surface area (Å²) in [6, 6.07) is 0. The summed E-state index contributed by atoms with van der Waals surface area (Å²) in [6.07, 6.45) is 12.0. The van der Waals surface area contributed by atoms with Crippen molar-refractivity contribution in [2.24, 2.45) is 29.1 Å². The van der Waals surface area contributed by atoms with Gasteiger partial charge in [0.05, 0.1) is 0 Å². The lowest BCUT2D eigenvalue weighted by molar-refractivity contribution is -0.116. The van der Waals surface area contributed by atoms with E-state index in [0.29, 0.717) is 11.2 Å². The summed E-state index contributed by atoms with van der Waals surface area (Å²) >= 11 is 0. The molecule has 3 unspecified atom stereocenters. The molecule has 1 heteroatoms. The van der Waals surface area contributed by atoms with Gasteiger partial charge in [-0.2, -0.15) is 0 Å². The number of carbonyl (C=O) groups excluding carboxylic acids is 1. The van der Waals surface area contributed by atoms with Crippen molar-refractivity contribution in [3.05, 3.63) is 11.6 Å². The first kappa shape index (κ1) is 14.4. The van der Waals surface area contributed by atoms with Crippen molar-refractivity contribution in [3.63, 3.8) is 0 Å². The maximum Gasteiger partial charge on any atom is 0.155 e. The quantitative estimate of drug-likeness (QED) is 0.680. The molecule has 0 amide bonds. The Morgan fingerprint density at radius 1 is 1.15 bits per heavy atom. The van der Waals surface area contributed by atoms with Gasteiger partial charge in [-0.25, -0.2) is 0 Å². The summed E-state index contributed by atoms with van der Waals surface area (Å²) in [4.78, 5) is 11.7. The Labute approximate surface area is 124 Å². The molecular formula is C19H30O. The van der Waals surface area contributed by atoms with Crippen molar-refractivity contribution >= 4 is 5.78 Å². The van der Waals surface area contributed by atoms with Crippen molar-refractivity contribution in [1.82, 2.24) is 0 Å². The third-order valence-corrected chi connectivity index (χ3v) is 7.07. The van der Waals surface area contributed by atoms with Crippen LogP contribution in [0.5, 0.6) is 0 Å². The Kier molecular flexibility index (Phi) is 3.81. The lowest BCUT2D eigenvalue weighted by Crippen LogP contribution is -2.46. The highest BCUT2D eigenvalue weighted by atomic mass is 16.1. The highest BCUT2D eigenvalue weighted by molar-refractivity contribution is 5.91. The smallest absolute Gasteiger partial charge is 0.155 e. The third kappa shape index (κ3) is 2.18. The topological polar surface area (TPSA) is 17.1 Å². The molecule has 0 heterocycles. The molecule has 0 N–H and O–H groups in total. The molecule has 3 rings (SSSR count). The van der Waals surface area contributed by atoms with Crippen LogP contribution in [0.4, 0.5) is 0 Å². The van der Waals surface area contributed by atoms with Gasteiger partial charge < -0.3 is 0 Å². The Hall–Kier alpha value is -0.590. The van der Waals surface area contributed by atoms with E-state index in [1.165, 1.54) is 44.1 Å². The van der Waals surface area contributed by atoms with Crippen LogP contribution < -0.4 is 0 Å². The van der Waals surface area contributed by atoms with Crippen molar-refractivity contribution in [2.45, 2.75) is 72.1 Å². The van der Waals surface area contributed by atoms with Crippen molar-refractivity contribution < 1.29 is 4.79 Å². The highest BCUT2D eigenvalue weighted by Crippen LogP contribution is 2.58. The molecule has 3 aliphatic carbocycles. The summed E-state index contributed by atoms with van der Waals surface area (Å²) in [5.74, 6) is 3.85. The fourth-order valence-corrected chi connectivity index (χ4v) is 5.81. The van der Waals surface area contributed by atoms with Crippen molar-refractivity contribution in [3.8, 4) is 0 Å². The number of hydrogen-bond donors (Lipinski definition) is 0. The molecule has 0 aliphatic heterocycles. The maximum atomic E-state index is 11.7. The van der Waals surface area contributed by atoms with Crippen LogP contribution in [0.3, 0.4) is 0 Å². The molecule has 20 heavy (non-hydrogen) atoms. The highest BCUT2D eigenvalue weighted by Gasteiger charge is 2.49. The van der Waals surface area contributed by atoms with E-state index < -0.39 is 0 Å². The third-order valence-electron chi connectivity index (χ3n) is 7.07. The fourth-order valence-electron chi connectivity index (χ4n) is 5.81. The van der Waals surface area contributed by atoms with Gasteiger partial charge in [0.25, 0.3) is 0 Å². The minimum Gasteiger partial charge on any atom is -0.295 e. The lowest BCUT2D eigenvalue weighted by Gasteiger charge is -2.54. The fraction of sp³-hybridized carbons (Fsp3) is 0.842. The SMILES string of the molecule is CCC1C2CCC3=CC(=O)CC[C@@H]3C2CC[C@]1(C)CC. The van der Waals surface area contributed by atoms with E-state index in [1.807, 2.05) is 6.08 Å². The molecule has 0 aromatic heterocycles. The minimum absolute atomic E-state index is 0.385. The molecule has 2 saturated carbocycles. The molecular weight excluding hydrogens is 244 g/mol. The molecule has 0 spiro atoms. The van der Waals surface area contributed by atoms with Crippen LogP contribution in [0.25, 0.3) is 0 Å². The van der Waals surface area contributed by atoms with Gasteiger partial charge in [-0.1, -0.05) is 39.2 Å². The molecule has 0 bridgehead atoms. The second kappa shape index (κ2) is 5.31. The van der Waals surface area contributed by atoms with E-state index in [1.54, 1.807) is 0 Å². The van der Waals surface area contributed by atoms with Gasteiger partial charge in [-0.3, -0.25) is 4.79 Å². The second-order valence-electron chi connectivity index (χ2n) is 7.76. The van der Waals surface area contributed by atoms with Crippen LogP contribution >= 0.6 is 0 Å². The lowest BCUT2D eigenvalue weighted by atomic mass is 9.50. The average Bonchev–Trinajstić information content (AvgIpc) is 2.46. The first-order valence-corrected chi connectivity index (χ1v) is 8.82. The monoisotopic (exact) mass is 274 g/mol. The number of fused-ring (bicyclic) bond motifs is 3. The Morgan fingerprint density at radius 3 is 2.65 bits per heavy atom. The van der Waals surface area contributed by atoms with E-state index in [9.17, 15) is 4.79 Å². The molecule has 112 valence electrons. The number of rotatable bonds is 2. The predicted octanol–water partition coefficient (Wildman–Crippen LogP) is 5.15. The minimum atomic E-state index is 0.385. The number of allylic oxidation sites excluding steroid dienone is 2. The Morgan fingerprint density at radius 2 is 1.95 bits per heavy atom. The first-order valence-electron chi connectivity index (χ1n) is 8.82. The standard InChI is InChI=1S/C19H30O/c1-4-18-17-8-6-13-12-14(20)7-9-15(13)16(17)10-11-19(18,3)5-2/h12,15-18H,4-11H2,1-3H3/t15-,16?,17?,18?,19-/m0/s1. The second-order valence-corrected chi connectivity index (χ2v) is 7.76. The normalized spacial score (nSPS) is 44.5. The zero-order valence-electron chi connectivity index (χ0n) is 13.5. The molecule has 0 aromatic rings. The van der Waals surface area contributed by atoms with Crippen LogP contribution in [0.1, 0.15) is 72.1 Å². The van der Waals surface area contributed by atoms with Crippen molar-refractivity contribution in [1.29, 1.82) is 0 Å². The van der Waals surface area contributed by atoms with E-state index in [-0.39, 0.29) is 0 Å².